The highest BCUT2D eigenvalue weighted by atomic mass is 32.2. The zero-order valence-electron chi connectivity index (χ0n) is 21.6. The molecule has 3 aromatic rings. The Morgan fingerprint density at radius 1 is 0.789 bits per heavy atom. The average Bonchev–Trinajstić information content (AvgIpc) is 3.18. The number of amides is 1. The molecular formula is C28H33N3O5S2. The van der Waals surface area contributed by atoms with E-state index in [9.17, 15) is 21.6 Å². The molecule has 1 heterocycles. The Balaban J connectivity index is 1.53. The molecule has 8 nitrogen and oxygen atoms in total. The summed E-state index contributed by atoms with van der Waals surface area (Å²) in [6.07, 6.45) is 3.74. The quantitative estimate of drug-likeness (QED) is 0.434. The normalized spacial score (nSPS) is 15.0. The van der Waals surface area contributed by atoms with Crippen molar-refractivity contribution < 1.29 is 21.6 Å². The molecular weight excluding hydrogens is 522 g/mol. The molecule has 0 spiro atoms. The van der Waals surface area contributed by atoms with Crippen LogP contribution in [0.1, 0.15) is 36.8 Å². The van der Waals surface area contributed by atoms with Crippen LogP contribution in [0.5, 0.6) is 0 Å². The Bertz CT molecular complexity index is 1480. The van der Waals surface area contributed by atoms with Crippen molar-refractivity contribution in [2.45, 2.75) is 49.3 Å². The molecule has 0 radical (unpaired) electrons. The van der Waals surface area contributed by atoms with E-state index in [0.717, 1.165) is 41.1 Å². The maximum Gasteiger partial charge on any atom is 0.264 e. The van der Waals surface area contributed by atoms with Crippen LogP contribution in [0.25, 0.3) is 0 Å². The van der Waals surface area contributed by atoms with Gasteiger partial charge in [-0.05, 0) is 80.8 Å². The summed E-state index contributed by atoms with van der Waals surface area (Å²) in [6.45, 7) is 4.28. The van der Waals surface area contributed by atoms with Crippen molar-refractivity contribution in [3.8, 4) is 0 Å². The number of sulfonamides is 2. The van der Waals surface area contributed by atoms with Crippen molar-refractivity contribution in [1.82, 2.24) is 4.31 Å². The minimum absolute atomic E-state index is 0.0838. The van der Waals surface area contributed by atoms with Gasteiger partial charge < -0.3 is 5.32 Å². The summed E-state index contributed by atoms with van der Waals surface area (Å²) in [5.41, 5.74) is 2.53. The molecule has 1 aliphatic heterocycles. The zero-order valence-corrected chi connectivity index (χ0v) is 23.3. The van der Waals surface area contributed by atoms with Crippen molar-refractivity contribution in [2.75, 3.05) is 29.3 Å². The van der Waals surface area contributed by atoms with E-state index in [0.29, 0.717) is 24.5 Å². The van der Waals surface area contributed by atoms with E-state index in [2.05, 4.69) is 5.32 Å². The lowest BCUT2D eigenvalue weighted by Crippen LogP contribution is -2.38. The molecule has 0 atom stereocenters. The van der Waals surface area contributed by atoms with Crippen LogP contribution in [-0.4, -0.2) is 46.7 Å². The fourth-order valence-corrected chi connectivity index (χ4v) is 7.34. The van der Waals surface area contributed by atoms with E-state index < -0.39 is 32.5 Å². The van der Waals surface area contributed by atoms with E-state index in [1.165, 1.54) is 40.7 Å². The monoisotopic (exact) mass is 555 g/mol. The maximum atomic E-state index is 13.5. The van der Waals surface area contributed by atoms with Crippen LogP contribution >= 0.6 is 0 Å². The highest BCUT2D eigenvalue weighted by molar-refractivity contribution is 7.92. The number of rotatable bonds is 8. The van der Waals surface area contributed by atoms with Gasteiger partial charge in [0.1, 0.15) is 6.54 Å². The van der Waals surface area contributed by atoms with E-state index in [1.807, 2.05) is 19.9 Å². The second-order valence-electron chi connectivity index (χ2n) is 9.55. The van der Waals surface area contributed by atoms with Gasteiger partial charge in [0.2, 0.25) is 15.9 Å². The van der Waals surface area contributed by atoms with E-state index in [4.69, 9.17) is 0 Å². The number of carbonyl (C=O) groups excluding carboxylic acids is 1. The minimum atomic E-state index is -4.03. The first-order chi connectivity index (χ1) is 18.1. The summed E-state index contributed by atoms with van der Waals surface area (Å²) in [4.78, 5) is 13.3. The van der Waals surface area contributed by atoms with Crippen molar-refractivity contribution in [3.05, 3.63) is 83.9 Å². The van der Waals surface area contributed by atoms with Gasteiger partial charge in [0.25, 0.3) is 10.0 Å². The Kier molecular flexibility index (Phi) is 8.54. The molecule has 1 saturated heterocycles. The molecule has 10 heteroatoms. The number of anilines is 2. The second-order valence-corrected chi connectivity index (χ2v) is 13.4. The summed E-state index contributed by atoms with van der Waals surface area (Å²) in [6, 6.07) is 19.4. The molecule has 0 aromatic heterocycles. The Morgan fingerprint density at radius 3 is 2.00 bits per heavy atom. The lowest BCUT2D eigenvalue weighted by Gasteiger charge is -2.24. The summed E-state index contributed by atoms with van der Waals surface area (Å²) < 4.78 is 55.8. The van der Waals surface area contributed by atoms with Crippen LogP contribution in [0.3, 0.4) is 0 Å². The molecule has 3 aromatic carbocycles. The van der Waals surface area contributed by atoms with Gasteiger partial charge >= 0.3 is 0 Å². The largest absolute Gasteiger partial charge is 0.325 e. The number of hydrogen-bond donors (Lipinski definition) is 1. The van der Waals surface area contributed by atoms with Crippen molar-refractivity contribution in [3.63, 3.8) is 0 Å². The fraction of sp³-hybridized carbons (Fsp3) is 0.321. The number of carbonyl (C=O) groups is 1. The van der Waals surface area contributed by atoms with E-state index in [1.54, 1.807) is 30.3 Å². The summed E-state index contributed by atoms with van der Waals surface area (Å²) >= 11 is 0. The third-order valence-corrected chi connectivity index (χ3v) is 10.2. The molecule has 1 fully saturated rings. The highest BCUT2D eigenvalue weighted by Gasteiger charge is 2.28. The Morgan fingerprint density at radius 2 is 1.39 bits per heavy atom. The lowest BCUT2D eigenvalue weighted by atomic mass is 10.2. The van der Waals surface area contributed by atoms with Gasteiger partial charge in [-0.25, -0.2) is 16.8 Å². The third kappa shape index (κ3) is 6.43. The fourth-order valence-electron chi connectivity index (χ4n) is 4.41. The first-order valence-electron chi connectivity index (χ1n) is 12.6. The molecule has 0 saturated carbocycles. The van der Waals surface area contributed by atoms with Gasteiger partial charge in [0.15, 0.2) is 0 Å². The Hall–Kier alpha value is -3.21. The summed E-state index contributed by atoms with van der Waals surface area (Å²) in [7, 11) is -7.64. The third-order valence-electron chi connectivity index (χ3n) is 6.53. The Labute approximate surface area is 225 Å². The number of nitrogens with one attached hydrogen (secondary N) is 1. The van der Waals surface area contributed by atoms with Crippen molar-refractivity contribution in [2.24, 2.45) is 0 Å². The van der Waals surface area contributed by atoms with Gasteiger partial charge in [0, 0.05) is 18.8 Å². The summed E-state index contributed by atoms with van der Waals surface area (Å²) in [5.74, 6) is -0.551. The molecule has 1 aliphatic rings. The van der Waals surface area contributed by atoms with Gasteiger partial charge in [-0.3, -0.25) is 9.10 Å². The SMILES string of the molecule is Cc1ccc(S(=O)(=O)N(CC(=O)Nc2ccc(S(=O)(=O)N3CCCCCC3)cc2)c2cccc(C)c2)cc1. The molecule has 1 amide bonds. The lowest BCUT2D eigenvalue weighted by molar-refractivity contribution is -0.114. The number of benzene rings is 3. The van der Waals surface area contributed by atoms with Gasteiger partial charge in [0.05, 0.1) is 15.5 Å². The van der Waals surface area contributed by atoms with Crippen LogP contribution in [-0.2, 0) is 24.8 Å². The molecule has 202 valence electrons. The maximum absolute atomic E-state index is 13.5. The van der Waals surface area contributed by atoms with Crippen molar-refractivity contribution in [1.29, 1.82) is 0 Å². The zero-order chi connectivity index (χ0) is 27.3. The highest BCUT2D eigenvalue weighted by Crippen LogP contribution is 2.26. The number of aryl methyl sites for hydroxylation is 2. The smallest absolute Gasteiger partial charge is 0.264 e. The first-order valence-corrected chi connectivity index (χ1v) is 15.5. The van der Waals surface area contributed by atoms with Crippen molar-refractivity contribution >= 4 is 37.3 Å². The molecule has 0 unspecified atom stereocenters. The van der Waals surface area contributed by atoms with E-state index >= 15 is 0 Å². The van der Waals surface area contributed by atoms with E-state index in [-0.39, 0.29) is 9.79 Å². The standard InChI is InChI=1S/C28H33N3O5S2/c1-22-10-14-27(15-11-22)38(35,36)31(25-9-7-8-23(2)20-25)21-28(32)29-24-12-16-26(17-13-24)37(33,34)30-18-5-3-4-6-19-30/h7-17,20H,3-6,18-19,21H2,1-2H3,(H,29,32). The molecule has 38 heavy (non-hydrogen) atoms. The van der Waals surface area contributed by atoms with Crippen LogP contribution in [0.2, 0.25) is 0 Å². The second kappa shape index (κ2) is 11.7. The number of nitrogens with zero attached hydrogens (tertiary/aromatic N) is 2. The van der Waals surface area contributed by atoms with Gasteiger partial charge in [-0.2, -0.15) is 4.31 Å². The van der Waals surface area contributed by atoms with Crippen LogP contribution in [0.4, 0.5) is 11.4 Å². The predicted octanol–water partition coefficient (Wildman–Crippen LogP) is 4.70. The van der Waals surface area contributed by atoms with Crippen LogP contribution in [0.15, 0.2) is 82.6 Å². The summed E-state index contributed by atoms with van der Waals surface area (Å²) in [5, 5.41) is 2.70. The van der Waals surface area contributed by atoms with Gasteiger partial charge in [-0.1, -0.05) is 42.7 Å². The molecule has 4 rings (SSSR count). The first kappa shape index (κ1) is 27.8. The molecule has 0 bridgehead atoms. The average molecular weight is 556 g/mol. The topological polar surface area (TPSA) is 104 Å². The van der Waals surface area contributed by atoms with Crippen LogP contribution < -0.4 is 9.62 Å². The molecule has 0 aliphatic carbocycles. The number of hydrogen-bond acceptors (Lipinski definition) is 5. The van der Waals surface area contributed by atoms with Gasteiger partial charge in [-0.15, -0.1) is 0 Å². The minimum Gasteiger partial charge on any atom is -0.325 e. The predicted molar refractivity (Wildman–Crippen MR) is 149 cm³/mol. The molecule has 1 N–H and O–H groups in total. The van der Waals surface area contributed by atoms with Crippen LogP contribution in [0, 0.1) is 13.8 Å².